The van der Waals surface area contributed by atoms with Gasteiger partial charge in [-0.05, 0) is 70.6 Å². The van der Waals surface area contributed by atoms with Gasteiger partial charge in [-0.1, -0.05) is 137 Å². The highest BCUT2D eigenvalue weighted by atomic mass is 31.2. The number of phosphoric acid groups is 2. The van der Waals surface area contributed by atoms with E-state index in [0.717, 1.165) is 77.0 Å². The third-order valence-corrected chi connectivity index (χ3v) is 11.2. The molecule has 8 N–H and O–H groups in total. The first-order valence-electron chi connectivity index (χ1n) is 22.9. The SMILES string of the molecule is CC/C=C\C/C=C\C/C=C\C/C=C\C/C=C\C=C/C(O)CCC(=O)OC[C@H](COP(=O)(O)O[C@H]1C(O)C(O)C(O)[C@@H](OP(=O)(O)O)C1O)OC(=O)CCCCCCC/C=C\C/C=C\CCC. The number of unbranched alkanes of at least 4 members (excludes halogenated alkanes) is 6. The van der Waals surface area contributed by atoms with Gasteiger partial charge in [0.1, 0.15) is 43.2 Å². The molecule has 1 aliphatic rings. The van der Waals surface area contributed by atoms with Crippen LogP contribution in [-0.4, -0.2) is 114 Å². The topological polar surface area (TPSA) is 276 Å². The lowest BCUT2D eigenvalue weighted by atomic mass is 9.85. The number of phosphoric ester groups is 2. The van der Waals surface area contributed by atoms with E-state index < -0.39 is 89.6 Å². The Balaban J connectivity index is 2.72. The normalized spacial score (nSPS) is 22.9. The minimum absolute atomic E-state index is 0.00727. The van der Waals surface area contributed by atoms with E-state index in [-0.39, 0.29) is 19.3 Å². The Hall–Kier alpha value is -3.12. The van der Waals surface area contributed by atoms with E-state index in [0.29, 0.717) is 12.8 Å². The van der Waals surface area contributed by atoms with Gasteiger partial charge in [0.25, 0.3) is 0 Å². The highest BCUT2D eigenvalue weighted by molar-refractivity contribution is 7.47. The van der Waals surface area contributed by atoms with Gasteiger partial charge in [-0.25, -0.2) is 9.13 Å². The summed E-state index contributed by atoms with van der Waals surface area (Å²) in [5.74, 6) is -1.52. The maximum absolute atomic E-state index is 13.0. The summed E-state index contributed by atoms with van der Waals surface area (Å²) in [5.41, 5.74) is 0. The molecule has 1 fully saturated rings. The molecular weight excluding hydrogens is 898 g/mol. The first-order chi connectivity index (χ1) is 31.5. The first-order valence-corrected chi connectivity index (χ1v) is 25.9. The van der Waals surface area contributed by atoms with Crippen LogP contribution in [0.5, 0.6) is 0 Å². The molecule has 19 heteroatoms. The van der Waals surface area contributed by atoms with Crippen LogP contribution in [0.25, 0.3) is 0 Å². The Kier molecular flexibility index (Phi) is 34.0. The van der Waals surface area contributed by atoms with E-state index in [1.807, 2.05) is 12.2 Å². The van der Waals surface area contributed by atoms with Crippen molar-refractivity contribution in [1.29, 1.82) is 0 Å². The molecule has 6 unspecified atom stereocenters. The van der Waals surface area contributed by atoms with Gasteiger partial charge >= 0.3 is 27.6 Å². The minimum Gasteiger partial charge on any atom is -0.462 e. The highest BCUT2D eigenvalue weighted by Gasteiger charge is 2.54. The largest absolute Gasteiger partial charge is 0.472 e. The molecule has 0 aromatic rings. The van der Waals surface area contributed by atoms with Gasteiger partial charge in [0, 0.05) is 12.8 Å². The van der Waals surface area contributed by atoms with Gasteiger partial charge in [-0.3, -0.25) is 23.2 Å². The molecule has 0 spiro atoms. The fourth-order valence-corrected chi connectivity index (χ4v) is 7.71. The lowest BCUT2D eigenvalue weighted by Gasteiger charge is -2.43. The fourth-order valence-electron chi connectivity index (χ4n) is 6.17. The van der Waals surface area contributed by atoms with Gasteiger partial charge in [-0.15, -0.1) is 0 Å². The number of rotatable bonds is 36. The summed E-state index contributed by atoms with van der Waals surface area (Å²) >= 11 is 0. The second kappa shape index (κ2) is 36.9. The summed E-state index contributed by atoms with van der Waals surface area (Å²) in [6.07, 6.45) is 28.4. The minimum atomic E-state index is -5.39. The summed E-state index contributed by atoms with van der Waals surface area (Å²) in [4.78, 5) is 54.2. The molecule has 376 valence electrons. The van der Waals surface area contributed by atoms with E-state index in [9.17, 15) is 49.1 Å². The van der Waals surface area contributed by atoms with Gasteiger partial charge in [-0.2, -0.15) is 0 Å². The standard InChI is InChI=1S/C47H76O17P2/c1-3-5-7-9-11-13-15-17-18-19-21-22-24-26-28-30-32-38(48)34-35-40(49)60-36-39(62-41(50)33-31-29-27-25-23-20-16-14-12-10-8-6-4-2)37-61-66(58,59)64-47-44(53)42(51)43(52)46(45(47)54)63-65(55,56)57/h5,7-8,10-11,13-14,16-18,21-22,26,28,30,32,38-39,42-48,51-54H,3-4,6,9,12,15,19-20,23-25,27,29,31,33-37H2,1-2H3,(H,58,59)(H2,55,56,57)/b7-5-,10-8-,13-11-,16-14-,18-17-,22-21-,28-26-,32-30-/t38?,39-,42?,43?,44?,45?,46-,47+/m1/s1. The highest BCUT2D eigenvalue weighted by Crippen LogP contribution is 2.49. The lowest BCUT2D eigenvalue weighted by molar-refractivity contribution is -0.216. The molecule has 0 radical (unpaired) electrons. The Morgan fingerprint density at radius 3 is 1.70 bits per heavy atom. The molecule has 0 aromatic heterocycles. The zero-order chi connectivity index (χ0) is 49.1. The third kappa shape index (κ3) is 31.0. The van der Waals surface area contributed by atoms with Crippen molar-refractivity contribution >= 4 is 27.6 Å². The predicted molar refractivity (Wildman–Crippen MR) is 251 cm³/mol. The Morgan fingerprint density at radius 2 is 1.11 bits per heavy atom. The first kappa shape index (κ1) is 60.9. The Morgan fingerprint density at radius 1 is 0.576 bits per heavy atom. The molecule has 0 amide bonds. The molecule has 17 nitrogen and oxygen atoms in total. The Bertz CT molecular complexity index is 1670. The average Bonchev–Trinajstić information content (AvgIpc) is 3.27. The number of aliphatic hydroxyl groups excluding tert-OH is 5. The van der Waals surface area contributed by atoms with Crippen LogP contribution in [-0.2, 0) is 41.8 Å². The number of hydrogen-bond acceptors (Lipinski definition) is 14. The summed E-state index contributed by atoms with van der Waals surface area (Å²) in [5, 5.41) is 51.5. The van der Waals surface area contributed by atoms with Gasteiger partial charge in [0.15, 0.2) is 6.10 Å². The van der Waals surface area contributed by atoms with E-state index >= 15 is 0 Å². The van der Waals surface area contributed by atoms with Crippen LogP contribution in [0.15, 0.2) is 97.2 Å². The second-order valence-electron chi connectivity index (χ2n) is 15.6. The predicted octanol–water partition coefficient (Wildman–Crippen LogP) is 7.36. The van der Waals surface area contributed by atoms with Crippen molar-refractivity contribution in [2.45, 2.75) is 172 Å². The van der Waals surface area contributed by atoms with Crippen molar-refractivity contribution in [1.82, 2.24) is 0 Å². The smallest absolute Gasteiger partial charge is 0.462 e. The van der Waals surface area contributed by atoms with Gasteiger partial charge in [0.05, 0.1) is 12.7 Å². The zero-order valence-electron chi connectivity index (χ0n) is 38.4. The molecule has 0 heterocycles. The number of allylic oxidation sites excluding steroid dienone is 15. The molecule has 0 saturated heterocycles. The van der Waals surface area contributed by atoms with Crippen molar-refractivity contribution in [2.75, 3.05) is 13.2 Å². The maximum atomic E-state index is 13.0. The number of esters is 2. The van der Waals surface area contributed by atoms with Crippen LogP contribution >= 0.6 is 15.6 Å². The number of carbonyl (C=O) groups is 2. The van der Waals surface area contributed by atoms with Crippen molar-refractivity contribution in [3.8, 4) is 0 Å². The van der Waals surface area contributed by atoms with Crippen molar-refractivity contribution in [3.05, 3.63) is 97.2 Å². The van der Waals surface area contributed by atoms with Crippen LogP contribution in [0.2, 0.25) is 0 Å². The quantitative estimate of drug-likeness (QED) is 0.0100. The van der Waals surface area contributed by atoms with Crippen molar-refractivity contribution < 1.29 is 82.0 Å². The van der Waals surface area contributed by atoms with Crippen LogP contribution in [0, 0.1) is 0 Å². The number of aliphatic hydroxyl groups is 5. The summed E-state index contributed by atoms with van der Waals surface area (Å²) in [6, 6.07) is 0. The second-order valence-corrected chi connectivity index (χ2v) is 18.2. The third-order valence-electron chi connectivity index (χ3n) is 9.74. The molecule has 66 heavy (non-hydrogen) atoms. The summed E-state index contributed by atoms with van der Waals surface area (Å²) in [7, 11) is -10.8. The number of ether oxygens (including phenoxy) is 2. The number of hydrogen-bond donors (Lipinski definition) is 8. The van der Waals surface area contributed by atoms with Crippen molar-refractivity contribution in [2.24, 2.45) is 0 Å². The summed E-state index contributed by atoms with van der Waals surface area (Å²) in [6.45, 7) is 2.68. The zero-order valence-corrected chi connectivity index (χ0v) is 40.2. The number of carbonyl (C=O) groups excluding carboxylic acids is 2. The molecule has 0 bridgehead atoms. The van der Waals surface area contributed by atoms with E-state index in [2.05, 4.69) is 85.2 Å². The molecule has 1 rings (SSSR count). The Labute approximate surface area is 390 Å². The van der Waals surface area contributed by atoms with Crippen LogP contribution in [0.4, 0.5) is 0 Å². The van der Waals surface area contributed by atoms with Crippen LogP contribution in [0.1, 0.15) is 123 Å². The van der Waals surface area contributed by atoms with Gasteiger partial charge in [0.2, 0.25) is 0 Å². The fraction of sp³-hybridized carbons (Fsp3) is 0.617. The van der Waals surface area contributed by atoms with E-state index in [4.69, 9.17) is 28.3 Å². The van der Waals surface area contributed by atoms with E-state index in [1.165, 1.54) is 6.08 Å². The molecule has 9 atom stereocenters. The van der Waals surface area contributed by atoms with Crippen molar-refractivity contribution in [3.63, 3.8) is 0 Å². The van der Waals surface area contributed by atoms with Crippen LogP contribution in [0.3, 0.4) is 0 Å². The van der Waals surface area contributed by atoms with Gasteiger partial charge < -0.3 is 49.7 Å². The summed E-state index contributed by atoms with van der Waals surface area (Å²) < 4.78 is 49.1. The molecule has 1 aliphatic carbocycles. The molecule has 0 aromatic carbocycles. The monoisotopic (exact) mass is 974 g/mol. The molecular formula is C47H76O17P2. The molecule has 1 saturated carbocycles. The maximum Gasteiger partial charge on any atom is 0.472 e. The average molecular weight is 975 g/mol. The van der Waals surface area contributed by atoms with E-state index in [1.54, 1.807) is 12.2 Å². The molecule has 0 aliphatic heterocycles. The van der Waals surface area contributed by atoms with Crippen LogP contribution < -0.4 is 0 Å². The lowest BCUT2D eigenvalue weighted by Crippen LogP contribution is -2.64.